The molecule has 2 rings (SSSR count). The zero-order valence-electron chi connectivity index (χ0n) is 8.90. The van der Waals surface area contributed by atoms with Crippen LogP contribution in [0.25, 0.3) is 0 Å². The molecule has 0 aliphatic heterocycles. The standard InChI is InChI=1S/C10H13N5O/c1-15-6-8(11)2-9(15)10(16)12-3-7-4-13-14-5-7/h2,4-6H,3,11H2,1H3,(H,12,16)(H,13,14). The van der Waals surface area contributed by atoms with Crippen molar-refractivity contribution in [3.8, 4) is 0 Å². The Bertz CT molecular complexity index is 485. The van der Waals surface area contributed by atoms with Crippen molar-refractivity contribution >= 4 is 11.6 Å². The van der Waals surface area contributed by atoms with Gasteiger partial charge in [0, 0.05) is 31.5 Å². The monoisotopic (exact) mass is 219 g/mol. The van der Waals surface area contributed by atoms with Gasteiger partial charge in [-0.1, -0.05) is 0 Å². The van der Waals surface area contributed by atoms with Crippen LogP contribution in [0.3, 0.4) is 0 Å². The highest BCUT2D eigenvalue weighted by atomic mass is 16.1. The first-order chi connectivity index (χ1) is 7.66. The van der Waals surface area contributed by atoms with E-state index in [0.29, 0.717) is 17.9 Å². The number of hydrogen-bond acceptors (Lipinski definition) is 3. The number of H-pyrrole nitrogens is 1. The van der Waals surface area contributed by atoms with Gasteiger partial charge in [-0.3, -0.25) is 9.89 Å². The van der Waals surface area contributed by atoms with Crippen LogP contribution < -0.4 is 11.1 Å². The maximum absolute atomic E-state index is 11.8. The van der Waals surface area contributed by atoms with Crippen LogP contribution in [-0.4, -0.2) is 20.7 Å². The lowest BCUT2D eigenvalue weighted by Crippen LogP contribution is -2.24. The van der Waals surface area contributed by atoms with Crippen molar-refractivity contribution in [1.29, 1.82) is 0 Å². The first kappa shape index (κ1) is 10.3. The molecule has 0 unspecified atom stereocenters. The minimum absolute atomic E-state index is 0.152. The second-order valence-corrected chi connectivity index (χ2v) is 3.56. The van der Waals surface area contributed by atoms with Gasteiger partial charge in [-0.15, -0.1) is 0 Å². The first-order valence-electron chi connectivity index (χ1n) is 4.84. The van der Waals surface area contributed by atoms with Crippen molar-refractivity contribution in [2.45, 2.75) is 6.54 Å². The summed E-state index contributed by atoms with van der Waals surface area (Å²) in [5, 5.41) is 9.26. The third kappa shape index (κ3) is 2.05. The average molecular weight is 219 g/mol. The molecular weight excluding hydrogens is 206 g/mol. The summed E-state index contributed by atoms with van der Waals surface area (Å²) in [7, 11) is 1.78. The van der Waals surface area contributed by atoms with Crippen LogP contribution >= 0.6 is 0 Å². The van der Waals surface area contributed by atoms with Gasteiger partial charge in [-0.05, 0) is 6.07 Å². The summed E-state index contributed by atoms with van der Waals surface area (Å²) < 4.78 is 1.69. The van der Waals surface area contributed by atoms with Crippen molar-refractivity contribution in [2.75, 3.05) is 5.73 Å². The fraction of sp³-hybridized carbons (Fsp3) is 0.200. The molecule has 0 aliphatic rings. The highest BCUT2D eigenvalue weighted by Crippen LogP contribution is 2.08. The molecule has 0 bridgehead atoms. The summed E-state index contributed by atoms with van der Waals surface area (Å²) in [5.41, 5.74) is 7.64. The Labute approximate surface area is 92.5 Å². The van der Waals surface area contributed by atoms with Gasteiger partial charge >= 0.3 is 0 Å². The number of carbonyl (C=O) groups is 1. The molecule has 84 valence electrons. The number of nitrogens with two attached hydrogens (primary N) is 1. The molecule has 0 spiro atoms. The van der Waals surface area contributed by atoms with E-state index >= 15 is 0 Å². The molecule has 0 aromatic carbocycles. The molecule has 0 radical (unpaired) electrons. The summed E-state index contributed by atoms with van der Waals surface area (Å²) in [4.78, 5) is 11.8. The van der Waals surface area contributed by atoms with Gasteiger partial charge in [0.2, 0.25) is 0 Å². The normalized spacial score (nSPS) is 10.3. The molecule has 0 saturated heterocycles. The topological polar surface area (TPSA) is 88.7 Å². The van der Waals surface area contributed by atoms with Crippen LogP contribution in [0, 0.1) is 0 Å². The van der Waals surface area contributed by atoms with Crippen molar-refractivity contribution in [2.24, 2.45) is 7.05 Å². The number of rotatable bonds is 3. The molecular formula is C10H13N5O. The van der Waals surface area contributed by atoms with E-state index in [2.05, 4.69) is 15.5 Å². The molecule has 1 amide bonds. The number of nitrogens with one attached hydrogen (secondary N) is 2. The fourth-order valence-electron chi connectivity index (χ4n) is 1.46. The minimum atomic E-state index is -0.152. The quantitative estimate of drug-likeness (QED) is 0.691. The highest BCUT2D eigenvalue weighted by Gasteiger charge is 2.10. The van der Waals surface area contributed by atoms with Gasteiger partial charge in [0.05, 0.1) is 11.9 Å². The number of aromatic nitrogens is 3. The van der Waals surface area contributed by atoms with E-state index in [1.54, 1.807) is 36.3 Å². The van der Waals surface area contributed by atoms with Gasteiger partial charge in [0.1, 0.15) is 5.69 Å². The SMILES string of the molecule is Cn1cc(N)cc1C(=O)NCc1cn[nH]c1. The number of aryl methyl sites for hydroxylation is 1. The number of amides is 1. The zero-order valence-corrected chi connectivity index (χ0v) is 8.90. The Balaban J connectivity index is 2.01. The summed E-state index contributed by atoms with van der Waals surface area (Å²) in [6.07, 6.45) is 5.10. The van der Waals surface area contributed by atoms with Crippen LogP contribution in [0.4, 0.5) is 5.69 Å². The van der Waals surface area contributed by atoms with E-state index in [9.17, 15) is 4.79 Å². The van der Waals surface area contributed by atoms with E-state index in [4.69, 9.17) is 5.73 Å². The molecule has 4 N–H and O–H groups in total. The predicted octanol–water partition coefficient (Wildman–Crippen LogP) is 0.260. The van der Waals surface area contributed by atoms with Crippen LogP contribution in [0.5, 0.6) is 0 Å². The van der Waals surface area contributed by atoms with E-state index in [1.807, 2.05) is 0 Å². The van der Waals surface area contributed by atoms with Crippen molar-refractivity contribution in [3.63, 3.8) is 0 Å². The maximum atomic E-state index is 11.8. The van der Waals surface area contributed by atoms with Crippen molar-refractivity contribution in [1.82, 2.24) is 20.1 Å². The number of aromatic amines is 1. The van der Waals surface area contributed by atoms with Crippen LogP contribution in [-0.2, 0) is 13.6 Å². The lowest BCUT2D eigenvalue weighted by molar-refractivity contribution is 0.0943. The number of hydrogen-bond donors (Lipinski definition) is 3. The molecule has 2 aromatic rings. The average Bonchev–Trinajstić information content (AvgIpc) is 2.84. The third-order valence-corrected chi connectivity index (χ3v) is 2.27. The Kier molecular flexibility index (Phi) is 2.63. The van der Waals surface area contributed by atoms with Crippen LogP contribution in [0.2, 0.25) is 0 Å². The summed E-state index contributed by atoms with van der Waals surface area (Å²) >= 11 is 0. The van der Waals surface area contributed by atoms with Crippen LogP contribution in [0.15, 0.2) is 24.7 Å². The Hall–Kier alpha value is -2.24. The first-order valence-corrected chi connectivity index (χ1v) is 4.84. The van der Waals surface area contributed by atoms with Gasteiger partial charge in [-0.25, -0.2) is 0 Å². The van der Waals surface area contributed by atoms with Gasteiger partial charge in [-0.2, -0.15) is 5.10 Å². The van der Waals surface area contributed by atoms with Crippen molar-refractivity contribution in [3.05, 3.63) is 35.9 Å². The zero-order chi connectivity index (χ0) is 11.5. The van der Waals surface area contributed by atoms with Gasteiger partial charge in [0.25, 0.3) is 5.91 Å². The fourth-order valence-corrected chi connectivity index (χ4v) is 1.46. The molecule has 16 heavy (non-hydrogen) atoms. The Morgan fingerprint density at radius 2 is 2.50 bits per heavy atom. The maximum Gasteiger partial charge on any atom is 0.268 e. The molecule has 0 atom stereocenters. The summed E-state index contributed by atoms with van der Waals surface area (Å²) in [5.74, 6) is -0.152. The van der Waals surface area contributed by atoms with E-state index < -0.39 is 0 Å². The molecule has 2 aromatic heterocycles. The summed E-state index contributed by atoms with van der Waals surface area (Å²) in [6.45, 7) is 0.445. The molecule has 0 fully saturated rings. The van der Waals surface area contributed by atoms with Gasteiger partial charge in [0.15, 0.2) is 0 Å². The number of anilines is 1. The number of carbonyl (C=O) groups excluding carboxylic acids is 1. The molecule has 2 heterocycles. The predicted molar refractivity (Wildman–Crippen MR) is 59.6 cm³/mol. The molecule has 0 saturated carbocycles. The Morgan fingerprint density at radius 1 is 1.69 bits per heavy atom. The van der Waals surface area contributed by atoms with E-state index in [-0.39, 0.29) is 5.91 Å². The second kappa shape index (κ2) is 4.09. The van der Waals surface area contributed by atoms with E-state index in [1.165, 1.54) is 0 Å². The highest BCUT2D eigenvalue weighted by molar-refractivity contribution is 5.93. The molecule has 0 aliphatic carbocycles. The Morgan fingerprint density at radius 3 is 3.06 bits per heavy atom. The van der Waals surface area contributed by atoms with E-state index in [0.717, 1.165) is 5.56 Å². The second-order valence-electron chi connectivity index (χ2n) is 3.56. The smallest absolute Gasteiger partial charge is 0.268 e. The lowest BCUT2D eigenvalue weighted by atomic mass is 10.3. The largest absolute Gasteiger partial charge is 0.397 e. The molecule has 6 heteroatoms. The van der Waals surface area contributed by atoms with Gasteiger partial charge < -0.3 is 15.6 Å². The van der Waals surface area contributed by atoms with Crippen LogP contribution in [0.1, 0.15) is 16.1 Å². The lowest BCUT2D eigenvalue weighted by Gasteiger charge is -2.03. The van der Waals surface area contributed by atoms with Crippen molar-refractivity contribution < 1.29 is 4.79 Å². The summed E-state index contributed by atoms with van der Waals surface area (Å²) in [6, 6.07) is 1.64. The number of nitrogens with zero attached hydrogens (tertiary/aromatic N) is 2. The minimum Gasteiger partial charge on any atom is -0.397 e. The third-order valence-electron chi connectivity index (χ3n) is 2.27. The molecule has 6 nitrogen and oxygen atoms in total. The number of nitrogen functional groups attached to an aromatic ring is 1.